The Hall–Kier alpha value is -1.58. The molecule has 9 heteroatoms. The molecule has 2 aliphatic heterocycles. The van der Waals surface area contributed by atoms with Gasteiger partial charge in [-0.25, -0.2) is 0 Å². The van der Waals surface area contributed by atoms with Crippen LogP contribution in [0.2, 0.25) is 0 Å². The van der Waals surface area contributed by atoms with Crippen LogP contribution in [0.25, 0.3) is 0 Å². The molecule has 0 bridgehead atoms. The highest BCUT2D eigenvalue weighted by Crippen LogP contribution is 2.23. The van der Waals surface area contributed by atoms with Crippen molar-refractivity contribution in [3.8, 4) is 0 Å². The minimum absolute atomic E-state index is 0.0817. The number of carbonyl (C=O) groups is 3. The molecule has 0 aromatic rings. The highest BCUT2D eigenvalue weighted by Gasteiger charge is 2.33. The summed E-state index contributed by atoms with van der Waals surface area (Å²) in [5.74, 6) is 0.649. The van der Waals surface area contributed by atoms with Crippen molar-refractivity contribution in [3.05, 3.63) is 12.2 Å². The third-order valence-electron chi connectivity index (χ3n) is 6.67. The van der Waals surface area contributed by atoms with Crippen LogP contribution in [0.3, 0.4) is 0 Å². The van der Waals surface area contributed by atoms with Crippen LogP contribution < -0.4 is 21.3 Å². The summed E-state index contributed by atoms with van der Waals surface area (Å²) in [6.45, 7) is 6.97. The van der Waals surface area contributed by atoms with E-state index in [1.165, 1.54) is 0 Å². The number of hydrogen-bond donors (Lipinski definition) is 5. The van der Waals surface area contributed by atoms with Crippen LogP contribution in [0.5, 0.6) is 0 Å². The number of carbonyl (C=O) groups excluding carboxylic acids is 3. The summed E-state index contributed by atoms with van der Waals surface area (Å²) in [7, 11) is 0. The number of aliphatic hydroxyl groups is 1. The number of unbranched alkanes of at least 4 members (excludes halogenated alkanes) is 1. The maximum absolute atomic E-state index is 12.9. The van der Waals surface area contributed by atoms with E-state index in [9.17, 15) is 19.5 Å². The summed E-state index contributed by atoms with van der Waals surface area (Å²) in [6.07, 6.45) is 9.51. The molecule has 3 amide bonds. The van der Waals surface area contributed by atoms with Crippen molar-refractivity contribution >= 4 is 29.5 Å². The monoisotopic (exact) mass is 496 g/mol. The van der Waals surface area contributed by atoms with Crippen molar-refractivity contribution in [2.45, 2.75) is 89.9 Å². The van der Waals surface area contributed by atoms with E-state index >= 15 is 0 Å². The molecule has 0 unspecified atom stereocenters. The van der Waals surface area contributed by atoms with Gasteiger partial charge in [0.05, 0.1) is 18.2 Å². The fourth-order valence-corrected chi connectivity index (χ4v) is 5.42. The van der Waals surface area contributed by atoms with Gasteiger partial charge in [-0.1, -0.05) is 32.4 Å². The van der Waals surface area contributed by atoms with Crippen molar-refractivity contribution in [1.29, 1.82) is 0 Å². The average molecular weight is 497 g/mol. The van der Waals surface area contributed by atoms with Gasteiger partial charge in [-0.2, -0.15) is 11.8 Å². The first-order valence-corrected chi connectivity index (χ1v) is 14.0. The third-order valence-corrected chi connectivity index (χ3v) is 7.69. The maximum Gasteiger partial charge on any atom is 0.242 e. The van der Waals surface area contributed by atoms with Gasteiger partial charge in [-0.15, -0.1) is 0 Å². The Kier molecular flexibility index (Phi) is 13.0. The predicted octanol–water partition coefficient (Wildman–Crippen LogP) is 1.73. The molecule has 0 aliphatic carbocycles. The zero-order valence-corrected chi connectivity index (χ0v) is 21.8. The first-order chi connectivity index (χ1) is 16.3. The highest BCUT2D eigenvalue weighted by atomic mass is 32.2. The molecule has 5 N–H and O–H groups in total. The lowest BCUT2D eigenvalue weighted by molar-refractivity contribution is -0.131. The fraction of sp³-hybridized carbons (Fsp3) is 0.800. The topological polar surface area (TPSA) is 120 Å². The van der Waals surface area contributed by atoms with E-state index in [1.54, 1.807) is 25.6 Å². The lowest BCUT2D eigenvalue weighted by Gasteiger charge is -2.32. The average Bonchev–Trinajstić information content (AvgIpc) is 2.82. The molecular weight excluding hydrogens is 452 g/mol. The van der Waals surface area contributed by atoms with Gasteiger partial charge in [-0.3, -0.25) is 14.4 Å². The third kappa shape index (κ3) is 9.58. The van der Waals surface area contributed by atoms with Crippen LogP contribution in [0.15, 0.2) is 12.2 Å². The maximum atomic E-state index is 12.9. The van der Waals surface area contributed by atoms with E-state index in [0.717, 1.165) is 50.8 Å². The number of allylic oxidation sites excluding steroid dienone is 1. The number of thioether (sulfide) groups is 1. The van der Waals surface area contributed by atoms with Gasteiger partial charge in [0, 0.05) is 24.0 Å². The molecule has 34 heavy (non-hydrogen) atoms. The number of nitrogens with one attached hydrogen (secondary N) is 4. The van der Waals surface area contributed by atoms with Crippen molar-refractivity contribution in [2.24, 2.45) is 11.8 Å². The van der Waals surface area contributed by atoms with E-state index in [2.05, 4.69) is 40.3 Å². The van der Waals surface area contributed by atoms with Gasteiger partial charge in [0.1, 0.15) is 6.04 Å². The quantitative estimate of drug-likeness (QED) is 0.271. The van der Waals surface area contributed by atoms with Crippen molar-refractivity contribution in [1.82, 2.24) is 21.3 Å². The largest absolute Gasteiger partial charge is 0.391 e. The number of fused-ring (bicyclic) bond motifs is 1. The first kappa shape index (κ1) is 28.7. The summed E-state index contributed by atoms with van der Waals surface area (Å²) < 4.78 is 0. The van der Waals surface area contributed by atoms with Crippen LogP contribution in [0.4, 0.5) is 0 Å². The molecule has 0 radical (unpaired) electrons. The van der Waals surface area contributed by atoms with E-state index in [4.69, 9.17) is 0 Å². The fourth-order valence-electron chi connectivity index (χ4n) is 4.45. The zero-order chi connectivity index (χ0) is 24.9. The van der Waals surface area contributed by atoms with Crippen LogP contribution in [0, 0.1) is 11.8 Å². The van der Waals surface area contributed by atoms with Crippen molar-refractivity contribution < 1.29 is 19.5 Å². The molecule has 8 nitrogen and oxygen atoms in total. The van der Waals surface area contributed by atoms with Gasteiger partial charge in [0.2, 0.25) is 17.7 Å². The second-order valence-electron chi connectivity index (χ2n) is 9.61. The van der Waals surface area contributed by atoms with Crippen LogP contribution in [0.1, 0.15) is 65.7 Å². The van der Waals surface area contributed by atoms with Gasteiger partial charge in [-0.05, 0) is 57.9 Å². The second kappa shape index (κ2) is 15.4. The number of amides is 3. The Bertz CT molecular complexity index is 690. The van der Waals surface area contributed by atoms with Crippen LogP contribution in [-0.2, 0) is 14.4 Å². The van der Waals surface area contributed by atoms with Crippen molar-refractivity contribution in [2.75, 3.05) is 24.6 Å². The highest BCUT2D eigenvalue weighted by molar-refractivity contribution is 7.99. The second-order valence-corrected chi connectivity index (χ2v) is 10.7. The van der Waals surface area contributed by atoms with Crippen LogP contribution in [-0.4, -0.2) is 71.7 Å². The molecule has 0 aromatic carbocycles. The van der Waals surface area contributed by atoms with Gasteiger partial charge < -0.3 is 26.4 Å². The van der Waals surface area contributed by atoms with Crippen molar-refractivity contribution in [3.63, 3.8) is 0 Å². The summed E-state index contributed by atoms with van der Waals surface area (Å²) >= 11 is 1.64. The van der Waals surface area contributed by atoms with Gasteiger partial charge in [0.25, 0.3) is 0 Å². The lowest BCUT2D eigenvalue weighted by atomic mass is 9.86. The molecule has 6 atom stereocenters. The number of aliphatic hydroxyl groups excluding tert-OH is 1. The predicted molar refractivity (Wildman–Crippen MR) is 137 cm³/mol. The van der Waals surface area contributed by atoms with E-state index in [0.29, 0.717) is 12.3 Å². The zero-order valence-electron chi connectivity index (χ0n) is 21.0. The summed E-state index contributed by atoms with van der Waals surface area (Å²) in [6, 6.07) is -1.51. The molecule has 2 aliphatic rings. The Morgan fingerprint density at radius 2 is 2.03 bits per heavy atom. The molecule has 0 aromatic heterocycles. The molecule has 0 spiro atoms. The normalized spacial score (nSPS) is 29.9. The molecule has 2 rings (SSSR count). The minimum Gasteiger partial charge on any atom is -0.391 e. The summed E-state index contributed by atoms with van der Waals surface area (Å²) in [5, 5.41) is 22.9. The summed E-state index contributed by atoms with van der Waals surface area (Å²) in [5.41, 5.74) is 0. The molecule has 194 valence electrons. The number of hydrogen-bond acceptors (Lipinski definition) is 6. The van der Waals surface area contributed by atoms with E-state index in [-0.39, 0.29) is 42.0 Å². The number of rotatable bonds is 7. The molecule has 1 saturated heterocycles. The molecular formula is C25H44N4O4S. The SMILES string of the molecule is CCCCNC(=O)[C@H](C)C[C@H](O)[C@@H]1CSC/C=C/CC[C@@H]2CCCN[C@@H]2C(=O)N[C@@H](C)C(=O)N1. The summed E-state index contributed by atoms with van der Waals surface area (Å²) in [4.78, 5) is 38.2. The van der Waals surface area contributed by atoms with E-state index in [1.807, 2.05) is 0 Å². The standard InChI is InChI=1S/C25H44N4O4S/c1-4-5-12-27-23(31)17(2)15-21(30)20-16-34-14-8-6-7-10-19-11-9-13-26-22(19)25(33)28-18(3)24(32)29-20/h6,8,17-22,26,30H,4-5,7,9-16H2,1-3H3,(H,27,31)(H,28,33)(H,29,32)/b8-6+/t17-,18+,19-,20+,21+,22+/m1/s1. The Morgan fingerprint density at radius 1 is 1.24 bits per heavy atom. The Morgan fingerprint density at radius 3 is 2.79 bits per heavy atom. The lowest BCUT2D eigenvalue weighted by Crippen LogP contribution is -2.57. The minimum atomic E-state index is -0.865. The first-order valence-electron chi connectivity index (χ1n) is 12.9. The van der Waals surface area contributed by atoms with Gasteiger partial charge >= 0.3 is 0 Å². The molecule has 2 heterocycles. The smallest absolute Gasteiger partial charge is 0.242 e. The Balaban J connectivity index is 2.03. The van der Waals surface area contributed by atoms with E-state index < -0.39 is 18.2 Å². The molecule has 0 saturated carbocycles. The molecule has 1 fully saturated rings. The number of piperidine rings is 1. The Labute approximate surface area is 208 Å². The van der Waals surface area contributed by atoms with Gasteiger partial charge in [0.15, 0.2) is 0 Å². The van der Waals surface area contributed by atoms with Crippen LogP contribution >= 0.6 is 11.8 Å².